The quantitative estimate of drug-likeness (QED) is 0.698. The minimum atomic E-state index is -0.304. The van der Waals surface area contributed by atoms with E-state index in [1.54, 1.807) is 0 Å². The Balaban J connectivity index is 2.55. The normalized spacial score (nSPS) is 35.2. The molecule has 14 heavy (non-hydrogen) atoms. The third kappa shape index (κ3) is 2.79. The van der Waals surface area contributed by atoms with Crippen LogP contribution in [0.5, 0.6) is 0 Å². The molecule has 0 aromatic carbocycles. The van der Waals surface area contributed by atoms with Gasteiger partial charge >= 0.3 is 0 Å². The zero-order valence-corrected chi connectivity index (χ0v) is 9.11. The van der Waals surface area contributed by atoms with E-state index in [9.17, 15) is 4.79 Å². The molecule has 1 aliphatic heterocycles. The largest absolute Gasteiger partial charge is 0.375 e. The monoisotopic (exact) mass is 199 g/mol. The second kappa shape index (κ2) is 5.47. The molecule has 0 saturated carbocycles. The molecule has 1 saturated heterocycles. The number of aldehydes is 1. The van der Waals surface area contributed by atoms with Crippen LogP contribution < -0.4 is 5.73 Å². The molecule has 1 heterocycles. The highest BCUT2D eigenvalue weighted by Gasteiger charge is 2.30. The van der Waals surface area contributed by atoms with E-state index in [1.165, 1.54) is 0 Å². The fraction of sp³-hybridized carbons (Fsp3) is 0.909. The molecule has 2 N–H and O–H groups in total. The number of hydrogen-bond donors (Lipinski definition) is 1. The maximum atomic E-state index is 10.6. The first-order valence-corrected chi connectivity index (χ1v) is 5.57. The summed E-state index contributed by atoms with van der Waals surface area (Å²) >= 11 is 0. The number of hydrogen-bond acceptors (Lipinski definition) is 3. The first kappa shape index (κ1) is 11.7. The van der Waals surface area contributed by atoms with Crippen LogP contribution in [0.15, 0.2) is 0 Å². The molecule has 0 spiro atoms. The Morgan fingerprint density at radius 1 is 1.36 bits per heavy atom. The van der Waals surface area contributed by atoms with Gasteiger partial charge in [0.25, 0.3) is 0 Å². The summed E-state index contributed by atoms with van der Waals surface area (Å²) in [6.07, 6.45) is 5.36. The molecular weight excluding hydrogens is 178 g/mol. The number of carbonyl (C=O) groups is 1. The van der Waals surface area contributed by atoms with Crippen molar-refractivity contribution in [2.45, 2.75) is 57.8 Å². The van der Waals surface area contributed by atoms with Crippen LogP contribution in [0, 0.1) is 5.92 Å². The maximum absolute atomic E-state index is 10.6. The van der Waals surface area contributed by atoms with Gasteiger partial charge in [0.1, 0.15) is 6.29 Å². The van der Waals surface area contributed by atoms with Gasteiger partial charge < -0.3 is 15.3 Å². The molecule has 1 rings (SSSR count). The number of carbonyl (C=O) groups excluding carboxylic acids is 1. The third-order valence-corrected chi connectivity index (χ3v) is 3.13. The molecule has 0 aromatic heterocycles. The summed E-state index contributed by atoms with van der Waals surface area (Å²) < 4.78 is 5.84. The van der Waals surface area contributed by atoms with E-state index in [4.69, 9.17) is 10.5 Å². The van der Waals surface area contributed by atoms with Crippen molar-refractivity contribution in [2.24, 2.45) is 11.7 Å². The second-order valence-corrected chi connectivity index (χ2v) is 4.14. The fourth-order valence-electron chi connectivity index (χ4n) is 2.11. The van der Waals surface area contributed by atoms with Gasteiger partial charge in [0.05, 0.1) is 18.2 Å². The van der Waals surface area contributed by atoms with E-state index in [1.807, 2.05) is 0 Å². The van der Waals surface area contributed by atoms with E-state index in [-0.39, 0.29) is 6.04 Å². The van der Waals surface area contributed by atoms with Crippen LogP contribution in [-0.4, -0.2) is 24.5 Å². The Morgan fingerprint density at radius 3 is 2.21 bits per heavy atom. The number of nitrogens with two attached hydrogens (primary N) is 1. The second-order valence-electron chi connectivity index (χ2n) is 4.14. The van der Waals surface area contributed by atoms with Crippen molar-refractivity contribution in [3.05, 3.63) is 0 Å². The molecule has 1 fully saturated rings. The summed E-state index contributed by atoms with van der Waals surface area (Å²) in [6.45, 7) is 4.23. The van der Waals surface area contributed by atoms with Crippen LogP contribution in [0.1, 0.15) is 39.5 Å². The van der Waals surface area contributed by atoms with Crippen LogP contribution in [0.4, 0.5) is 0 Å². The molecule has 3 unspecified atom stereocenters. The Kier molecular flexibility index (Phi) is 4.55. The predicted molar refractivity (Wildman–Crippen MR) is 56.0 cm³/mol. The minimum absolute atomic E-state index is 0.296. The van der Waals surface area contributed by atoms with Crippen molar-refractivity contribution in [1.82, 2.24) is 0 Å². The molecule has 82 valence electrons. The van der Waals surface area contributed by atoms with Crippen LogP contribution in [-0.2, 0) is 9.53 Å². The number of ether oxygens (including phenoxy) is 1. The van der Waals surface area contributed by atoms with Crippen LogP contribution >= 0.6 is 0 Å². The number of rotatable bonds is 4. The van der Waals surface area contributed by atoms with E-state index < -0.39 is 0 Å². The molecule has 0 amide bonds. The summed E-state index contributed by atoms with van der Waals surface area (Å²) in [5.74, 6) is 0.316. The maximum Gasteiger partial charge on any atom is 0.136 e. The van der Waals surface area contributed by atoms with Crippen LogP contribution in [0.2, 0.25) is 0 Å². The van der Waals surface area contributed by atoms with Crippen molar-refractivity contribution in [3.63, 3.8) is 0 Å². The summed E-state index contributed by atoms with van der Waals surface area (Å²) in [5, 5.41) is 0. The highest BCUT2D eigenvalue weighted by molar-refractivity contribution is 5.57. The first-order valence-electron chi connectivity index (χ1n) is 5.57. The van der Waals surface area contributed by atoms with Crippen molar-refractivity contribution >= 4 is 6.29 Å². The SMILES string of the molecule is CCC1CC(C(N)C=O)CC(CC)O1. The van der Waals surface area contributed by atoms with Crippen molar-refractivity contribution in [3.8, 4) is 0 Å². The lowest BCUT2D eigenvalue weighted by atomic mass is 9.85. The third-order valence-electron chi connectivity index (χ3n) is 3.13. The molecule has 1 aliphatic rings. The lowest BCUT2D eigenvalue weighted by Crippen LogP contribution is -2.41. The van der Waals surface area contributed by atoms with Gasteiger partial charge in [-0.15, -0.1) is 0 Å². The van der Waals surface area contributed by atoms with Gasteiger partial charge in [-0.2, -0.15) is 0 Å². The van der Waals surface area contributed by atoms with Gasteiger partial charge in [-0.25, -0.2) is 0 Å². The molecule has 3 nitrogen and oxygen atoms in total. The molecular formula is C11H21NO2. The zero-order chi connectivity index (χ0) is 10.6. The Morgan fingerprint density at radius 2 is 1.86 bits per heavy atom. The van der Waals surface area contributed by atoms with Crippen LogP contribution in [0.3, 0.4) is 0 Å². The lowest BCUT2D eigenvalue weighted by molar-refractivity contribution is -0.114. The standard InChI is InChI=1S/C11H21NO2/c1-3-9-5-8(11(12)7-13)6-10(4-2)14-9/h7-11H,3-6,12H2,1-2H3. The fourth-order valence-corrected chi connectivity index (χ4v) is 2.11. The van der Waals surface area contributed by atoms with Crippen molar-refractivity contribution < 1.29 is 9.53 Å². The summed E-state index contributed by atoms with van der Waals surface area (Å²) in [5.41, 5.74) is 5.76. The summed E-state index contributed by atoms with van der Waals surface area (Å²) in [4.78, 5) is 10.6. The Bertz CT molecular complexity index is 172. The van der Waals surface area contributed by atoms with E-state index in [2.05, 4.69) is 13.8 Å². The summed E-state index contributed by atoms with van der Waals surface area (Å²) in [6, 6.07) is -0.304. The van der Waals surface area contributed by atoms with Gasteiger partial charge in [-0.1, -0.05) is 13.8 Å². The van der Waals surface area contributed by atoms with Crippen molar-refractivity contribution in [1.29, 1.82) is 0 Å². The van der Waals surface area contributed by atoms with E-state index >= 15 is 0 Å². The van der Waals surface area contributed by atoms with E-state index in [0.717, 1.165) is 32.0 Å². The average molecular weight is 199 g/mol. The Hall–Kier alpha value is -0.410. The zero-order valence-electron chi connectivity index (χ0n) is 9.11. The molecule has 0 bridgehead atoms. The smallest absolute Gasteiger partial charge is 0.136 e. The molecule has 3 heteroatoms. The molecule has 3 atom stereocenters. The average Bonchev–Trinajstić information content (AvgIpc) is 2.27. The van der Waals surface area contributed by atoms with Gasteiger partial charge in [-0.05, 0) is 31.6 Å². The van der Waals surface area contributed by atoms with Gasteiger partial charge in [0.2, 0.25) is 0 Å². The first-order chi connectivity index (χ1) is 6.71. The highest BCUT2D eigenvalue weighted by Crippen LogP contribution is 2.29. The lowest BCUT2D eigenvalue weighted by Gasteiger charge is -2.36. The van der Waals surface area contributed by atoms with Crippen molar-refractivity contribution in [2.75, 3.05) is 0 Å². The minimum Gasteiger partial charge on any atom is -0.375 e. The van der Waals surface area contributed by atoms with Gasteiger partial charge in [-0.3, -0.25) is 0 Å². The Labute approximate surface area is 86.0 Å². The molecule has 0 aromatic rings. The highest BCUT2D eigenvalue weighted by atomic mass is 16.5. The molecule has 0 radical (unpaired) electrons. The molecule has 0 aliphatic carbocycles. The van der Waals surface area contributed by atoms with Crippen LogP contribution in [0.25, 0.3) is 0 Å². The predicted octanol–water partition coefficient (Wildman–Crippen LogP) is 1.50. The van der Waals surface area contributed by atoms with Gasteiger partial charge in [0, 0.05) is 0 Å². The topological polar surface area (TPSA) is 52.3 Å². The van der Waals surface area contributed by atoms with Gasteiger partial charge in [0.15, 0.2) is 0 Å². The van der Waals surface area contributed by atoms with E-state index in [0.29, 0.717) is 18.1 Å². The summed E-state index contributed by atoms with van der Waals surface area (Å²) in [7, 11) is 0.